The van der Waals surface area contributed by atoms with Crippen molar-refractivity contribution < 1.29 is 0 Å². The Hall–Kier alpha value is -13.7. The molecule has 6 nitrogen and oxygen atoms in total. The molecule has 0 unspecified atom stereocenters. The molecule has 0 amide bonds. The van der Waals surface area contributed by atoms with Gasteiger partial charge >= 0.3 is 0 Å². The molecular weight excluding hydrogens is 1290 g/mol. The molecule has 0 spiro atoms. The Bertz CT molecular complexity index is 8020. The molecule has 0 saturated heterocycles. The maximum atomic E-state index is 5.91. The molecule has 0 bridgehead atoms. The third-order valence-corrected chi connectivity index (χ3v) is 23.8. The topological polar surface area (TPSA) is 61.4 Å². The van der Waals surface area contributed by atoms with E-state index < -0.39 is 0 Å². The van der Waals surface area contributed by atoms with E-state index in [0.717, 1.165) is 119 Å². The van der Waals surface area contributed by atoms with Crippen LogP contribution in [-0.2, 0) is 0 Å². The summed E-state index contributed by atoms with van der Waals surface area (Å²) in [7, 11) is 0. The lowest BCUT2D eigenvalue weighted by atomic mass is 9.89. The zero-order valence-corrected chi connectivity index (χ0v) is 57.1. The number of thiophene rings is 1. The van der Waals surface area contributed by atoms with E-state index >= 15 is 0 Å². The lowest BCUT2D eigenvalue weighted by Gasteiger charge is -2.15. The minimum Gasteiger partial charge on any atom is -0.278 e. The van der Waals surface area contributed by atoms with Gasteiger partial charge < -0.3 is 0 Å². The van der Waals surface area contributed by atoms with Gasteiger partial charge in [-0.25, -0.2) is 19.9 Å². The summed E-state index contributed by atoms with van der Waals surface area (Å²) >= 11 is 1.74. The average molecular weight is 1350 g/mol. The molecule has 0 radical (unpaired) electrons. The highest BCUT2D eigenvalue weighted by Crippen LogP contribution is 2.50. The van der Waals surface area contributed by atoms with Crippen LogP contribution in [0.1, 0.15) is 0 Å². The molecular formula is C98H54N6S. The number of nitrogens with zero attached hydrogens (tertiary/aromatic N) is 6. The van der Waals surface area contributed by atoms with E-state index in [9.17, 15) is 0 Å². The van der Waals surface area contributed by atoms with E-state index in [4.69, 9.17) is 19.9 Å². The number of benzene rings is 19. The first-order valence-electron chi connectivity index (χ1n) is 35.9. The minimum absolute atomic E-state index is 0.626. The first-order chi connectivity index (χ1) is 52.0. The van der Waals surface area contributed by atoms with Crippen molar-refractivity contribution in [1.29, 1.82) is 0 Å². The first kappa shape index (κ1) is 57.0. The third-order valence-electron chi connectivity index (χ3n) is 22.8. The SMILES string of the molecule is c1ccc2cc(-c3nc(-n4c5cc6ccccc6cc5c5c6c(ccc54)c4ccccc4c4cc(-c5ccc7sc8nc(-n9c%10cc%11ccccc%11cc%10c%10c%11c%12ccccc%12c%12ccccc%12c%11ccc%109)nc(-c9ccc%10ccccc%10c9)c8c7c5)ccc46)nc4ccc5ccccc5c34)ccc2c1. The van der Waals surface area contributed by atoms with Crippen LogP contribution in [0.5, 0.6) is 0 Å². The summed E-state index contributed by atoms with van der Waals surface area (Å²) in [5.41, 5.74) is 11.3. The van der Waals surface area contributed by atoms with Crippen LogP contribution in [0.25, 0.3) is 239 Å². The fourth-order valence-corrected chi connectivity index (χ4v) is 19.1. The molecule has 0 saturated carbocycles. The molecule has 24 aromatic rings. The van der Waals surface area contributed by atoms with Crippen molar-refractivity contribution >= 4 is 205 Å². The molecule has 0 aliphatic rings. The van der Waals surface area contributed by atoms with Crippen molar-refractivity contribution in [3.63, 3.8) is 0 Å². The number of aromatic nitrogens is 6. The molecule has 5 aromatic heterocycles. The predicted molar refractivity (Wildman–Crippen MR) is 446 cm³/mol. The normalized spacial score (nSPS) is 12.4. The fraction of sp³-hybridized carbons (Fsp3) is 0. The lowest BCUT2D eigenvalue weighted by Crippen LogP contribution is -2.04. The van der Waals surface area contributed by atoms with Gasteiger partial charge in [0.05, 0.1) is 39.0 Å². The third kappa shape index (κ3) is 8.18. The summed E-state index contributed by atoms with van der Waals surface area (Å²) in [6.45, 7) is 0. The van der Waals surface area contributed by atoms with Gasteiger partial charge in [0.1, 0.15) is 4.83 Å². The molecule has 0 N–H and O–H groups in total. The number of fused-ring (bicyclic) bond motifs is 30. The van der Waals surface area contributed by atoms with E-state index in [0.29, 0.717) is 11.9 Å². The number of rotatable bonds is 5. The second-order valence-corrected chi connectivity index (χ2v) is 29.3. The molecule has 5 heterocycles. The van der Waals surface area contributed by atoms with Crippen molar-refractivity contribution in [3.8, 4) is 45.5 Å². The van der Waals surface area contributed by atoms with E-state index in [1.807, 2.05) is 0 Å². The summed E-state index contributed by atoms with van der Waals surface area (Å²) in [5.74, 6) is 1.27. The fourth-order valence-electron chi connectivity index (χ4n) is 18.1. The van der Waals surface area contributed by atoms with Crippen LogP contribution in [0.15, 0.2) is 328 Å². The minimum atomic E-state index is 0.626. The van der Waals surface area contributed by atoms with Gasteiger partial charge in [-0.15, -0.1) is 11.3 Å². The maximum Gasteiger partial charge on any atom is 0.236 e. The number of hydrogen-bond donors (Lipinski definition) is 0. The summed E-state index contributed by atoms with van der Waals surface area (Å²) in [5, 5.41) is 34.2. The molecule has 19 aromatic carbocycles. The second kappa shape index (κ2) is 21.4. The summed E-state index contributed by atoms with van der Waals surface area (Å²) in [6, 6.07) is 121. The molecule has 105 heavy (non-hydrogen) atoms. The van der Waals surface area contributed by atoms with Crippen LogP contribution in [0.2, 0.25) is 0 Å². The van der Waals surface area contributed by atoms with Crippen molar-refractivity contribution in [2.24, 2.45) is 0 Å². The van der Waals surface area contributed by atoms with Crippen LogP contribution < -0.4 is 0 Å². The highest BCUT2D eigenvalue weighted by atomic mass is 32.1. The van der Waals surface area contributed by atoms with Crippen LogP contribution in [0.3, 0.4) is 0 Å². The van der Waals surface area contributed by atoms with Gasteiger partial charge in [-0.2, -0.15) is 0 Å². The Balaban J connectivity index is 0.736. The Morgan fingerprint density at radius 1 is 0.200 bits per heavy atom. The number of hydrogen-bond acceptors (Lipinski definition) is 5. The lowest BCUT2D eigenvalue weighted by molar-refractivity contribution is 1.02. The Morgan fingerprint density at radius 2 is 0.581 bits per heavy atom. The highest BCUT2D eigenvalue weighted by Gasteiger charge is 2.27. The van der Waals surface area contributed by atoms with E-state index in [1.54, 1.807) is 11.3 Å². The Morgan fingerprint density at radius 3 is 1.13 bits per heavy atom. The largest absolute Gasteiger partial charge is 0.278 e. The Kier molecular flexibility index (Phi) is 11.6. The van der Waals surface area contributed by atoms with Gasteiger partial charge in [-0.1, -0.05) is 255 Å². The Labute approximate surface area is 602 Å². The summed E-state index contributed by atoms with van der Waals surface area (Å²) in [6.07, 6.45) is 0. The average Bonchev–Trinajstić information content (AvgIpc) is 1.51. The van der Waals surface area contributed by atoms with Gasteiger partial charge in [0.25, 0.3) is 0 Å². The molecule has 0 aliphatic carbocycles. The van der Waals surface area contributed by atoms with Gasteiger partial charge in [0.2, 0.25) is 11.9 Å². The van der Waals surface area contributed by atoms with Crippen molar-refractivity contribution in [3.05, 3.63) is 328 Å². The first-order valence-corrected chi connectivity index (χ1v) is 36.7. The van der Waals surface area contributed by atoms with Crippen molar-refractivity contribution in [2.75, 3.05) is 0 Å². The summed E-state index contributed by atoms with van der Waals surface area (Å²) in [4.78, 5) is 24.0. The molecule has 7 heteroatoms. The van der Waals surface area contributed by atoms with Gasteiger partial charge in [0.15, 0.2) is 0 Å². The molecule has 0 atom stereocenters. The predicted octanol–water partition coefficient (Wildman–Crippen LogP) is 26.7. The van der Waals surface area contributed by atoms with Gasteiger partial charge in [-0.05, 0) is 192 Å². The van der Waals surface area contributed by atoms with Gasteiger partial charge in [0, 0.05) is 64.3 Å². The monoisotopic (exact) mass is 1350 g/mol. The highest BCUT2D eigenvalue weighted by molar-refractivity contribution is 7.25. The molecule has 24 rings (SSSR count). The zero-order valence-electron chi connectivity index (χ0n) is 56.3. The van der Waals surface area contributed by atoms with Crippen molar-refractivity contribution in [2.45, 2.75) is 0 Å². The molecule has 0 fully saturated rings. The van der Waals surface area contributed by atoms with Crippen LogP contribution in [0.4, 0.5) is 0 Å². The standard InChI is InChI=1S/C98H54N6S/c1-3-20-58-47-66(35-33-55(58)17-1)94-90-68-26-10-9-19-57(68)38-43-82(90)99-97(100-94)103-83-44-42-76-72-30-13-14-31-73(72)78-49-64(37-40-77(78)89(76)92(83)79-50-60-22-5-7-24-62(60)53-85(79)103)65-39-46-87-81(52-65)93-95(67-36-34-56-18-2-4-21-59(56)48-67)101-98(102-96(93)105-87)104-84-45-41-75-71-29-12-11-27-69(71)70-28-15-16-32-74(70)88(75)91(84)80-51-61-23-6-8-25-63(61)54-86(80)104/h1-54H. The van der Waals surface area contributed by atoms with Crippen LogP contribution in [0, 0.1) is 0 Å². The quantitative estimate of drug-likeness (QED) is 0.161. The van der Waals surface area contributed by atoms with Crippen molar-refractivity contribution in [1.82, 2.24) is 29.1 Å². The van der Waals surface area contributed by atoms with Crippen LogP contribution in [-0.4, -0.2) is 29.1 Å². The van der Waals surface area contributed by atoms with E-state index in [1.165, 1.54) is 108 Å². The maximum absolute atomic E-state index is 5.91. The second-order valence-electron chi connectivity index (χ2n) is 28.3. The summed E-state index contributed by atoms with van der Waals surface area (Å²) < 4.78 is 5.83. The molecule has 482 valence electrons. The van der Waals surface area contributed by atoms with Crippen LogP contribution >= 0.6 is 11.3 Å². The zero-order chi connectivity index (χ0) is 68.3. The van der Waals surface area contributed by atoms with Gasteiger partial charge in [-0.3, -0.25) is 9.13 Å². The van der Waals surface area contributed by atoms with E-state index in [2.05, 4.69) is 337 Å². The van der Waals surface area contributed by atoms with E-state index in [-0.39, 0.29) is 0 Å². The molecule has 0 aliphatic heterocycles. The smallest absolute Gasteiger partial charge is 0.236 e.